The van der Waals surface area contributed by atoms with Gasteiger partial charge < -0.3 is 9.30 Å². The maximum absolute atomic E-state index is 11.5. The zero-order valence-corrected chi connectivity index (χ0v) is 9.96. The van der Waals surface area contributed by atoms with Crippen LogP contribution in [0.25, 0.3) is 0 Å². The molecule has 2 aromatic rings. The van der Waals surface area contributed by atoms with Crippen molar-refractivity contribution < 1.29 is 9.53 Å². The van der Waals surface area contributed by atoms with Gasteiger partial charge in [-0.2, -0.15) is 5.26 Å². The van der Waals surface area contributed by atoms with E-state index in [1.54, 1.807) is 29.0 Å². The second-order valence-corrected chi connectivity index (χ2v) is 3.78. The van der Waals surface area contributed by atoms with Crippen molar-refractivity contribution in [1.82, 2.24) is 4.57 Å². The van der Waals surface area contributed by atoms with E-state index >= 15 is 0 Å². The number of nitrogens with zero attached hydrogens (tertiary/aromatic N) is 2. The van der Waals surface area contributed by atoms with Gasteiger partial charge in [0.05, 0.1) is 18.7 Å². The number of benzene rings is 1. The lowest BCUT2D eigenvalue weighted by Crippen LogP contribution is -2.11. The number of nitriles is 1. The quantitative estimate of drug-likeness (QED) is 0.773. The van der Waals surface area contributed by atoms with Crippen molar-refractivity contribution in [3.8, 4) is 6.07 Å². The molecule has 4 nitrogen and oxygen atoms in total. The number of hydrogen-bond donors (Lipinski definition) is 0. The fourth-order valence-electron chi connectivity index (χ4n) is 1.79. The Balaban J connectivity index is 2.33. The second-order valence-electron chi connectivity index (χ2n) is 3.78. The van der Waals surface area contributed by atoms with Crippen LogP contribution >= 0.6 is 0 Å². The van der Waals surface area contributed by atoms with Crippen molar-refractivity contribution in [2.24, 2.45) is 0 Å². The predicted molar refractivity (Wildman–Crippen MR) is 66.0 cm³/mol. The van der Waals surface area contributed by atoms with Gasteiger partial charge in [-0.25, -0.2) is 4.79 Å². The summed E-state index contributed by atoms with van der Waals surface area (Å²) in [5.41, 5.74) is 1.97. The van der Waals surface area contributed by atoms with E-state index in [1.807, 2.05) is 18.2 Å². The molecule has 0 aliphatic heterocycles. The Bertz CT molecular complexity index is 608. The molecule has 0 bridgehead atoms. The molecule has 90 valence electrons. The molecular weight excluding hydrogens is 228 g/mol. The zero-order valence-electron chi connectivity index (χ0n) is 9.96. The van der Waals surface area contributed by atoms with E-state index < -0.39 is 0 Å². The van der Waals surface area contributed by atoms with E-state index in [1.165, 1.54) is 7.11 Å². The van der Waals surface area contributed by atoms with Crippen molar-refractivity contribution in [2.75, 3.05) is 7.11 Å². The molecule has 0 fully saturated rings. The van der Waals surface area contributed by atoms with Crippen LogP contribution in [-0.4, -0.2) is 17.6 Å². The highest BCUT2D eigenvalue weighted by molar-refractivity contribution is 5.87. The Hall–Kier alpha value is -2.54. The first-order chi connectivity index (χ1) is 8.76. The lowest BCUT2D eigenvalue weighted by Gasteiger charge is -2.08. The lowest BCUT2D eigenvalue weighted by molar-refractivity contribution is 0.0589. The summed E-state index contributed by atoms with van der Waals surface area (Å²) in [5, 5.41) is 9.02. The number of hydrogen-bond acceptors (Lipinski definition) is 3. The van der Waals surface area contributed by atoms with E-state index in [0.717, 1.165) is 5.56 Å². The molecule has 0 aliphatic carbocycles. The number of methoxy groups -OCH3 is 1. The fourth-order valence-corrected chi connectivity index (χ4v) is 1.79. The number of esters is 1. The summed E-state index contributed by atoms with van der Waals surface area (Å²) in [6, 6.07) is 12.9. The fraction of sp³-hybridized carbons (Fsp3) is 0.143. The van der Waals surface area contributed by atoms with Crippen LogP contribution < -0.4 is 0 Å². The van der Waals surface area contributed by atoms with Gasteiger partial charge in [0.1, 0.15) is 5.69 Å². The molecule has 1 heterocycles. The van der Waals surface area contributed by atoms with Crippen molar-refractivity contribution in [3.63, 3.8) is 0 Å². The van der Waals surface area contributed by atoms with Crippen LogP contribution in [0.2, 0.25) is 0 Å². The summed E-state index contributed by atoms with van der Waals surface area (Å²) in [7, 11) is 1.35. The predicted octanol–water partition coefficient (Wildman–Crippen LogP) is 2.19. The number of carbonyl (C=O) groups is 1. The largest absolute Gasteiger partial charge is 0.464 e. The average Bonchev–Trinajstić information content (AvgIpc) is 2.86. The summed E-state index contributed by atoms with van der Waals surface area (Å²) >= 11 is 0. The molecular formula is C14H12N2O2. The van der Waals surface area contributed by atoms with E-state index in [2.05, 4.69) is 6.07 Å². The first-order valence-electron chi connectivity index (χ1n) is 5.47. The van der Waals surface area contributed by atoms with Gasteiger partial charge in [0.25, 0.3) is 0 Å². The van der Waals surface area contributed by atoms with E-state index in [0.29, 0.717) is 17.8 Å². The first-order valence-corrected chi connectivity index (χ1v) is 5.47. The van der Waals surface area contributed by atoms with Gasteiger partial charge in [-0.1, -0.05) is 18.2 Å². The molecule has 0 radical (unpaired) electrons. The standard InChI is InChI=1S/C14H12N2O2/c1-18-14(17)13-7-4-8-16(13)10-12-6-3-2-5-11(12)9-15/h2-8H,10H2,1H3. The minimum absolute atomic E-state index is 0.380. The van der Waals surface area contributed by atoms with Crippen LogP contribution in [0.5, 0.6) is 0 Å². The summed E-state index contributed by atoms with van der Waals surface area (Å²) in [5.74, 6) is -0.380. The SMILES string of the molecule is COC(=O)c1cccn1Cc1ccccc1C#N. The maximum Gasteiger partial charge on any atom is 0.354 e. The van der Waals surface area contributed by atoms with Crippen molar-refractivity contribution in [1.29, 1.82) is 5.26 Å². The highest BCUT2D eigenvalue weighted by atomic mass is 16.5. The van der Waals surface area contributed by atoms with Crippen LogP contribution in [0.3, 0.4) is 0 Å². The van der Waals surface area contributed by atoms with Gasteiger partial charge in [0.2, 0.25) is 0 Å². The number of ether oxygens (including phenoxy) is 1. The summed E-state index contributed by atoms with van der Waals surface area (Å²) in [6.07, 6.45) is 1.79. The van der Waals surface area contributed by atoms with Crippen LogP contribution in [0.15, 0.2) is 42.6 Å². The Morgan fingerprint density at radius 2 is 2.11 bits per heavy atom. The lowest BCUT2D eigenvalue weighted by atomic mass is 10.1. The molecule has 0 saturated heterocycles. The third kappa shape index (κ3) is 2.25. The minimum Gasteiger partial charge on any atom is -0.464 e. The van der Waals surface area contributed by atoms with Crippen LogP contribution in [0.4, 0.5) is 0 Å². The highest BCUT2D eigenvalue weighted by Gasteiger charge is 2.11. The van der Waals surface area contributed by atoms with Gasteiger partial charge in [0, 0.05) is 12.7 Å². The van der Waals surface area contributed by atoms with Crippen molar-refractivity contribution >= 4 is 5.97 Å². The summed E-state index contributed by atoms with van der Waals surface area (Å²) < 4.78 is 6.47. The monoisotopic (exact) mass is 240 g/mol. The number of rotatable bonds is 3. The molecule has 1 aromatic carbocycles. The molecule has 0 N–H and O–H groups in total. The Labute approximate surface area is 105 Å². The van der Waals surface area contributed by atoms with Crippen molar-refractivity contribution in [3.05, 3.63) is 59.4 Å². The minimum atomic E-state index is -0.380. The van der Waals surface area contributed by atoms with E-state index in [-0.39, 0.29) is 5.97 Å². The molecule has 0 atom stereocenters. The first kappa shape index (κ1) is 11.9. The molecule has 0 spiro atoms. The summed E-state index contributed by atoms with van der Waals surface area (Å²) in [4.78, 5) is 11.5. The number of carbonyl (C=O) groups excluding carboxylic acids is 1. The summed E-state index contributed by atoms with van der Waals surface area (Å²) in [6.45, 7) is 0.473. The molecule has 0 amide bonds. The van der Waals surface area contributed by atoms with Crippen LogP contribution in [0, 0.1) is 11.3 Å². The topological polar surface area (TPSA) is 55.0 Å². The smallest absolute Gasteiger partial charge is 0.354 e. The Kier molecular flexibility index (Phi) is 3.44. The van der Waals surface area contributed by atoms with E-state index in [9.17, 15) is 4.79 Å². The Morgan fingerprint density at radius 3 is 2.83 bits per heavy atom. The van der Waals surface area contributed by atoms with Crippen LogP contribution in [0.1, 0.15) is 21.6 Å². The van der Waals surface area contributed by atoms with Crippen molar-refractivity contribution in [2.45, 2.75) is 6.54 Å². The highest BCUT2D eigenvalue weighted by Crippen LogP contribution is 2.12. The maximum atomic E-state index is 11.5. The second kappa shape index (κ2) is 5.19. The van der Waals surface area contributed by atoms with Gasteiger partial charge in [-0.05, 0) is 23.8 Å². The zero-order chi connectivity index (χ0) is 13.0. The molecule has 18 heavy (non-hydrogen) atoms. The molecule has 2 rings (SSSR count). The molecule has 4 heteroatoms. The molecule has 0 unspecified atom stereocenters. The number of aromatic nitrogens is 1. The third-order valence-electron chi connectivity index (χ3n) is 2.70. The molecule has 0 saturated carbocycles. The average molecular weight is 240 g/mol. The Morgan fingerprint density at radius 1 is 1.33 bits per heavy atom. The molecule has 0 aliphatic rings. The van der Waals surface area contributed by atoms with E-state index in [4.69, 9.17) is 10.00 Å². The van der Waals surface area contributed by atoms with Gasteiger partial charge in [-0.15, -0.1) is 0 Å². The van der Waals surface area contributed by atoms with Gasteiger partial charge in [0.15, 0.2) is 0 Å². The van der Waals surface area contributed by atoms with Crippen LogP contribution in [-0.2, 0) is 11.3 Å². The van der Waals surface area contributed by atoms with Gasteiger partial charge in [-0.3, -0.25) is 0 Å². The molecule has 1 aromatic heterocycles. The third-order valence-corrected chi connectivity index (χ3v) is 2.70. The van der Waals surface area contributed by atoms with Gasteiger partial charge >= 0.3 is 5.97 Å². The normalized spacial score (nSPS) is 9.78.